The Morgan fingerprint density at radius 1 is 0.852 bits per heavy atom. The Morgan fingerprint density at radius 3 is 2.15 bits per heavy atom. The highest BCUT2D eigenvalue weighted by molar-refractivity contribution is 14.1. The molecule has 2 aromatic carbocycles. The molecular formula is C22H28INO3. The molecule has 0 fully saturated rings. The summed E-state index contributed by atoms with van der Waals surface area (Å²) in [6.07, 6.45) is 4.24. The third kappa shape index (κ3) is 7.91. The minimum Gasteiger partial charge on any atom is -0.491 e. The molecule has 4 nitrogen and oxygen atoms in total. The molecule has 146 valence electrons. The fourth-order valence-electron chi connectivity index (χ4n) is 2.44. The van der Waals surface area contributed by atoms with Crippen molar-refractivity contribution in [2.45, 2.75) is 6.92 Å². The zero-order valence-electron chi connectivity index (χ0n) is 16.3. The van der Waals surface area contributed by atoms with Gasteiger partial charge in [0.2, 0.25) is 0 Å². The predicted octanol–water partition coefficient (Wildman–Crippen LogP) is 4.96. The van der Waals surface area contributed by atoms with Gasteiger partial charge in [-0.3, -0.25) is 0 Å². The standard InChI is InChI=1S/C22H28INO3/c1-4-25-13-14-26-15-16-27-20-10-7-18(8-11-20)5-6-19-9-12-22(24(2)3)21(23)17-19/h5-12,17H,4,13-16H2,1-3H3/b6-5+. The summed E-state index contributed by atoms with van der Waals surface area (Å²) in [5.74, 6) is 0.852. The minimum absolute atomic E-state index is 0.540. The first-order valence-corrected chi connectivity index (χ1v) is 10.2. The number of halogens is 1. The van der Waals surface area contributed by atoms with E-state index in [-0.39, 0.29) is 0 Å². The fourth-order valence-corrected chi connectivity index (χ4v) is 3.46. The van der Waals surface area contributed by atoms with E-state index in [1.165, 1.54) is 14.8 Å². The molecule has 0 aliphatic carbocycles. The van der Waals surface area contributed by atoms with E-state index >= 15 is 0 Å². The molecule has 0 saturated carbocycles. The first-order valence-electron chi connectivity index (χ1n) is 9.13. The van der Waals surface area contributed by atoms with Crippen molar-refractivity contribution in [1.82, 2.24) is 0 Å². The molecule has 0 aromatic heterocycles. The van der Waals surface area contributed by atoms with Crippen LogP contribution in [-0.2, 0) is 9.47 Å². The summed E-state index contributed by atoms with van der Waals surface area (Å²) in [6, 6.07) is 14.6. The fraction of sp³-hybridized carbons (Fsp3) is 0.364. The van der Waals surface area contributed by atoms with Gasteiger partial charge >= 0.3 is 0 Å². The molecule has 2 aromatic rings. The lowest BCUT2D eigenvalue weighted by molar-refractivity contribution is 0.0405. The molecular weight excluding hydrogens is 453 g/mol. The quantitative estimate of drug-likeness (QED) is 0.258. The Balaban J connectivity index is 1.79. The van der Waals surface area contributed by atoms with Gasteiger partial charge in [-0.25, -0.2) is 0 Å². The summed E-state index contributed by atoms with van der Waals surface area (Å²) in [5, 5.41) is 0. The molecule has 0 radical (unpaired) electrons. The van der Waals surface area contributed by atoms with E-state index in [1.807, 2.05) is 19.1 Å². The Kier molecular flexibility index (Phi) is 9.66. The van der Waals surface area contributed by atoms with Gasteiger partial charge in [-0.05, 0) is 64.9 Å². The van der Waals surface area contributed by atoms with Gasteiger partial charge in [0, 0.05) is 30.0 Å². The van der Waals surface area contributed by atoms with E-state index in [2.05, 4.69) is 84.1 Å². The number of benzene rings is 2. The van der Waals surface area contributed by atoms with E-state index in [0.717, 1.165) is 17.9 Å². The summed E-state index contributed by atoms with van der Waals surface area (Å²) in [7, 11) is 4.12. The molecule has 0 bridgehead atoms. The summed E-state index contributed by atoms with van der Waals surface area (Å²) in [4.78, 5) is 2.12. The molecule has 0 unspecified atom stereocenters. The van der Waals surface area contributed by atoms with Crippen molar-refractivity contribution in [1.29, 1.82) is 0 Å². The van der Waals surface area contributed by atoms with E-state index in [1.54, 1.807) is 0 Å². The van der Waals surface area contributed by atoms with Crippen LogP contribution < -0.4 is 9.64 Å². The molecule has 0 heterocycles. The van der Waals surface area contributed by atoms with Crippen LogP contribution in [0.25, 0.3) is 12.2 Å². The number of hydrogen-bond donors (Lipinski definition) is 0. The maximum atomic E-state index is 5.69. The van der Waals surface area contributed by atoms with E-state index in [4.69, 9.17) is 14.2 Å². The molecule has 0 aliphatic rings. The third-order valence-corrected chi connectivity index (χ3v) is 4.74. The van der Waals surface area contributed by atoms with Gasteiger partial charge in [0.15, 0.2) is 0 Å². The first-order chi connectivity index (χ1) is 13.1. The molecule has 0 amide bonds. The largest absolute Gasteiger partial charge is 0.491 e. The number of hydrogen-bond acceptors (Lipinski definition) is 4. The van der Waals surface area contributed by atoms with E-state index in [0.29, 0.717) is 26.4 Å². The van der Waals surface area contributed by atoms with E-state index < -0.39 is 0 Å². The Labute approximate surface area is 176 Å². The van der Waals surface area contributed by atoms with Crippen LogP contribution in [0.4, 0.5) is 5.69 Å². The van der Waals surface area contributed by atoms with Crippen LogP contribution in [0.15, 0.2) is 42.5 Å². The number of ether oxygens (including phenoxy) is 3. The van der Waals surface area contributed by atoms with Gasteiger partial charge in [-0.1, -0.05) is 30.4 Å². The minimum atomic E-state index is 0.540. The van der Waals surface area contributed by atoms with Crippen molar-refractivity contribution in [2.24, 2.45) is 0 Å². The van der Waals surface area contributed by atoms with Gasteiger partial charge in [-0.2, -0.15) is 0 Å². The number of nitrogens with zero attached hydrogens (tertiary/aromatic N) is 1. The highest BCUT2D eigenvalue weighted by atomic mass is 127. The van der Waals surface area contributed by atoms with Crippen LogP contribution in [0.2, 0.25) is 0 Å². The summed E-state index contributed by atoms with van der Waals surface area (Å²) in [5.41, 5.74) is 3.56. The van der Waals surface area contributed by atoms with Crippen LogP contribution >= 0.6 is 22.6 Å². The molecule has 0 aliphatic heterocycles. The molecule has 0 spiro atoms. The summed E-state index contributed by atoms with van der Waals surface area (Å²) in [6.45, 7) is 5.04. The molecule has 2 rings (SSSR count). The van der Waals surface area contributed by atoms with Gasteiger partial charge in [0.1, 0.15) is 12.4 Å². The average Bonchev–Trinajstić information content (AvgIpc) is 2.66. The maximum Gasteiger partial charge on any atom is 0.119 e. The Bertz CT molecular complexity index is 714. The van der Waals surface area contributed by atoms with Gasteiger partial charge < -0.3 is 19.1 Å². The van der Waals surface area contributed by atoms with Crippen molar-refractivity contribution in [3.05, 3.63) is 57.2 Å². The zero-order chi connectivity index (χ0) is 19.5. The molecule has 27 heavy (non-hydrogen) atoms. The van der Waals surface area contributed by atoms with Gasteiger partial charge in [-0.15, -0.1) is 0 Å². The van der Waals surface area contributed by atoms with Crippen LogP contribution in [0.5, 0.6) is 5.75 Å². The first kappa shape index (κ1) is 21.7. The van der Waals surface area contributed by atoms with Crippen molar-refractivity contribution < 1.29 is 14.2 Å². The molecule has 0 atom stereocenters. The van der Waals surface area contributed by atoms with Crippen molar-refractivity contribution in [2.75, 3.05) is 52.0 Å². The van der Waals surface area contributed by atoms with Gasteiger partial charge in [0.25, 0.3) is 0 Å². The second kappa shape index (κ2) is 12.0. The van der Waals surface area contributed by atoms with Gasteiger partial charge in [0.05, 0.1) is 19.8 Å². The van der Waals surface area contributed by atoms with Crippen LogP contribution in [-0.4, -0.2) is 47.1 Å². The lowest BCUT2D eigenvalue weighted by Crippen LogP contribution is -2.10. The molecule has 5 heteroatoms. The highest BCUT2D eigenvalue weighted by Gasteiger charge is 2.01. The van der Waals surface area contributed by atoms with Crippen LogP contribution in [0.3, 0.4) is 0 Å². The van der Waals surface area contributed by atoms with Crippen LogP contribution in [0, 0.1) is 3.57 Å². The molecule has 0 N–H and O–H groups in total. The molecule has 0 saturated heterocycles. The monoisotopic (exact) mass is 481 g/mol. The Hall–Kier alpha value is -1.57. The summed E-state index contributed by atoms with van der Waals surface area (Å²) < 4.78 is 17.6. The van der Waals surface area contributed by atoms with Crippen molar-refractivity contribution >= 4 is 40.4 Å². The maximum absolute atomic E-state index is 5.69. The average molecular weight is 481 g/mol. The van der Waals surface area contributed by atoms with E-state index in [9.17, 15) is 0 Å². The SMILES string of the molecule is CCOCCOCCOc1ccc(/C=C/c2ccc(N(C)C)c(I)c2)cc1. The second-order valence-electron chi connectivity index (χ2n) is 6.17. The highest BCUT2D eigenvalue weighted by Crippen LogP contribution is 2.23. The second-order valence-corrected chi connectivity index (χ2v) is 7.33. The topological polar surface area (TPSA) is 30.9 Å². The lowest BCUT2D eigenvalue weighted by atomic mass is 10.1. The van der Waals surface area contributed by atoms with Crippen molar-refractivity contribution in [3.63, 3.8) is 0 Å². The normalized spacial score (nSPS) is 11.1. The third-order valence-electron chi connectivity index (χ3n) is 3.87. The van der Waals surface area contributed by atoms with Crippen LogP contribution in [0.1, 0.15) is 18.1 Å². The summed E-state index contributed by atoms with van der Waals surface area (Å²) >= 11 is 2.38. The number of rotatable bonds is 11. The predicted molar refractivity (Wildman–Crippen MR) is 122 cm³/mol. The zero-order valence-corrected chi connectivity index (χ0v) is 18.4. The Morgan fingerprint density at radius 2 is 1.48 bits per heavy atom. The van der Waals surface area contributed by atoms with Crippen molar-refractivity contribution in [3.8, 4) is 5.75 Å². The lowest BCUT2D eigenvalue weighted by Gasteiger charge is -2.14. The number of anilines is 1. The smallest absolute Gasteiger partial charge is 0.119 e.